The zero-order valence-corrected chi connectivity index (χ0v) is 12.1. The number of anilines is 1. The molecule has 0 spiro atoms. The van der Waals surface area contributed by atoms with Crippen molar-refractivity contribution in [2.75, 3.05) is 31.1 Å². The van der Waals surface area contributed by atoms with Crippen LogP contribution >= 0.6 is 0 Å². The number of piperidine rings is 1. The van der Waals surface area contributed by atoms with E-state index in [-0.39, 0.29) is 11.9 Å². The number of pyridine rings is 1. The van der Waals surface area contributed by atoms with Gasteiger partial charge in [-0.3, -0.25) is 4.79 Å². The van der Waals surface area contributed by atoms with Crippen LogP contribution in [0, 0.1) is 0 Å². The van der Waals surface area contributed by atoms with Gasteiger partial charge in [0, 0.05) is 38.4 Å². The van der Waals surface area contributed by atoms with E-state index < -0.39 is 6.10 Å². The fourth-order valence-electron chi connectivity index (χ4n) is 3.05. The lowest BCUT2D eigenvalue weighted by Crippen LogP contribution is -2.51. The number of aromatic nitrogens is 1. The Kier molecular flexibility index (Phi) is 4.07. The molecule has 3 heterocycles. The van der Waals surface area contributed by atoms with Crippen molar-refractivity contribution in [3.05, 3.63) is 23.9 Å². The predicted molar refractivity (Wildman–Crippen MR) is 80.2 cm³/mol. The van der Waals surface area contributed by atoms with Crippen molar-refractivity contribution >= 4 is 11.7 Å². The summed E-state index contributed by atoms with van der Waals surface area (Å²) in [6.45, 7) is 2.79. The highest BCUT2D eigenvalue weighted by molar-refractivity contribution is 5.99. The number of nitrogens with two attached hydrogens (primary N) is 1. The Morgan fingerprint density at radius 3 is 2.81 bits per heavy atom. The van der Waals surface area contributed by atoms with Gasteiger partial charge in [0.15, 0.2) is 0 Å². The Morgan fingerprint density at radius 1 is 1.33 bits per heavy atom. The Balaban J connectivity index is 1.84. The van der Waals surface area contributed by atoms with Crippen molar-refractivity contribution in [1.82, 2.24) is 9.88 Å². The van der Waals surface area contributed by atoms with Gasteiger partial charge < -0.3 is 20.6 Å². The average Bonchev–Trinajstić information content (AvgIpc) is 3.04. The highest BCUT2D eigenvalue weighted by atomic mass is 16.3. The third kappa shape index (κ3) is 2.87. The van der Waals surface area contributed by atoms with Crippen LogP contribution in [0.3, 0.4) is 0 Å². The third-order valence-electron chi connectivity index (χ3n) is 4.34. The van der Waals surface area contributed by atoms with Gasteiger partial charge in [-0.15, -0.1) is 0 Å². The summed E-state index contributed by atoms with van der Waals surface area (Å²) >= 11 is 0. The molecule has 1 aromatic heterocycles. The van der Waals surface area contributed by atoms with E-state index in [9.17, 15) is 9.90 Å². The molecule has 114 valence electrons. The van der Waals surface area contributed by atoms with Crippen molar-refractivity contribution in [1.29, 1.82) is 0 Å². The van der Waals surface area contributed by atoms with Crippen LogP contribution in [-0.2, 0) is 0 Å². The zero-order valence-electron chi connectivity index (χ0n) is 12.1. The molecule has 1 aromatic rings. The maximum Gasteiger partial charge on any atom is 0.257 e. The summed E-state index contributed by atoms with van der Waals surface area (Å²) in [7, 11) is 0. The van der Waals surface area contributed by atoms with E-state index in [4.69, 9.17) is 5.73 Å². The van der Waals surface area contributed by atoms with Crippen molar-refractivity contribution in [3.63, 3.8) is 0 Å². The number of carbonyl (C=O) groups excluding carboxylic acids is 1. The maximum absolute atomic E-state index is 12.6. The summed E-state index contributed by atoms with van der Waals surface area (Å²) in [5.41, 5.74) is 6.47. The van der Waals surface area contributed by atoms with E-state index in [0.29, 0.717) is 24.3 Å². The van der Waals surface area contributed by atoms with Crippen LogP contribution < -0.4 is 10.6 Å². The van der Waals surface area contributed by atoms with Gasteiger partial charge in [-0.05, 0) is 31.4 Å². The molecule has 2 unspecified atom stereocenters. The third-order valence-corrected chi connectivity index (χ3v) is 4.34. The number of carbonyl (C=O) groups is 1. The minimum Gasteiger partial charge on any atom is -0.390 e. The van der Waals surface area contributed by atoms with Crippen LogP contribution in [-0.4, -0.2) is 59.2 Å². The first-order valence-corrected chi connectivity index (χ1v) is 7.59. The van der Waals surface area contributed by atoms with Gasteiger partial charge in [-0.25, -0.2) is 4.98 Å². The Bertz CT molecular complexity index is 516. The van der Waals surface area contributed by atoms with Crippen LogP contribution in [0.15, 0.2) is 18.3 Å². The Morgan fingerprint density at radius 2 is 2.10 bits per heavy atom. The molecule has 0 bridgehead atoms. The molecule has 0 aromatic carbocycles. The number of aliphatic hydroxyl groups is 1. The van der Waals surface area contributed by atoms with E-state index in [1.165, 1.54) is 0 Å². The maximum atomic E-state index is 12.6. The molecule has 2 aliphatic heterocycles. The van der Waals surface area contributed by atoms with Gasteiger partial charge in [-0.2, -0.15) is 0 Å². The molecule has 0 radical (unpaired) electrons. The van der Waals surface area contributed by atoms with Gasteiger partial charge in [0.05, 0.1) is 11.7 Å². The fraction of sp³-hybridized carbons (Fsp3) is 0.600. The highest BCUT2D eigenvalue weighted by Crippen LogP contribution is 2.24. The average molecular weight is 290 g/mol. The first-order valence-electron chi connectivity index (χ1n) is 7.59. The molecule has 0 saturated carbocycles. The highest BCUT2D eigenvalue weighted by Gasteiger charge is 2.29. The Hall–Kier alpha value is -1.66. The monoisotopic (exact) mass is 290 g/mol. The first kappa shape index (κ1) is 14.3. The van der Waals surface area contributed by atoms with Gasteiger partial charge in [0.1, 0.15) is 5.82 Å². The molecule has 1 amide bonds. The molecule has 6 nitrogen and oxygen atoms in total. The standard InChI is InChI=1S/C15H22N4O2/c16-12-5-9-19(10-13(12)20)14-11(4-3-6-17-14)15(21)18-7-1-2-8-18/h3-4,6,12-13,20H,1-2,5,7-10,16H2. The summed E-state index contributed by atoms with van der Waals surface area (Å²) < 4.78 is 0. The van der Waals surface area contributed by atoms with Crippen LogP contribution in [0.25, 0.3) is 0 Å². The van der Waals surface area contributed by atoms with E-state index in [1.54, 1.807) is 12.3 Å². The fourth-order valence-corrected chi connectivity index (χ4v) is 3.05. The quantitative estimate of drug-likeness (QED) is 0.814. The molecule has 2 saturated heterocycles. The van der Waals surface area contributed by atoms with Crippen molar-refractivity contribution in [2.45, 2.75) is 31.4 Å². The van der Waals surface area contributed by atoms with Gasteiger partial charge >= 0.3 is 0 Å². The molecule has 3 N–H and O–H groups in total. The summed E-state index contributed by atoms with van der Waals surface area (Å²) in [5.74, 6) is 0.709. The molecule has 2 fully saturated rings. The number of rotatable bonds is 2. The van der Waals surface area contributed by atoms with E-state index in [2.05, 4.69) is 4.98 Å². The number of hydrogen-bond donors (Lipinski definition) is 2. The summed E-state index contributed by atoms with van der Waals surface area (Å²) in [6.07, 6.45) is 3.96. The molecule has 21 heavy (non-hydrogen) atoms. The number of nitrogens with zero attached hydrogens (tertiary/aromatic N) is 3. The number of aliphatic hydroxyl groups excluding tert-OH is 1. The second-order valence-corrected chi connectivity index (χ2v) is 5.84. The number of amides is 1. The number of likely N-dealkylation sites (tertiary alicyclic amines) is 1. The molecule has 2 aliphatic rings. The van der Waals surface area contributed by atoms with Gasteiger partial charge in [-0.1, -0.05) is 0 Å². The minimum atomic E-state index is -0.574. The van der Waals surface area contributed by atoms with Crippen molar-refractivity contribution in [3.8, 4) is 0 Å². The van der Waals surface area contributed by atoms with Gasteiger partial charge in [0.25, 0.3) is 5.91 Å². The van der Waals surface area contributed by atoms with Crippen LogP contribution in [0.4, 0.5) is 5.82 Å². The first-order chi connectivity index (χ1) is 10.2. The smallest absolute Gasteiger partial charge is 0.257 e. The lowest BCUT2D eigenvalue weighted by molar-refractivity contribution is 0.0792. The van der Waals surface area contributed by atoms with Crippen LogP contribution in [0.2, 0.25) is 0 Å². The summed E-state index contributed by atoms with van der Waals surface area (Å²) in [6, 6.07) is 3.42. The van der Waals surface area contributed by atoms with Crippen LogP contribution in [0.5, 0.6) is 0 Å². The molecule has 6 heteroatoms. The Labute approximate surface area is 124 Å². The topological polar surface area (TPSA) is 82.7 Å². The van der Waals surface area contributed by atoms with E-state index >= 15 is 0 Å². The molecular weight excluding hydrogens is 268 g/mol. The van der Waals surface area contributed by atoms with Crippen molar-refractivity contribution < 1.29 is 9.90 Å². The van der Waals surface area contributed by atoms with E-state index in [0.717, 1.165) is 32.5 Å². The van der Waals surface area contributed by atoms with Gasteiger partial charge in [0.2, 0.25) is 0 Å². The minimum absolute atomic E-state index is 0.0416. The lowest BCUT2D eigenvalue weighted by atomic mass is 10.0. The summed E-state index contributed by atoms with van der Waals surface area (Å²) in [4.78, 5) is 20.9. The van der Waals surface area contributed by atoms with Crippen LogP contribution in [0.1, 0.15) is 29.6 Å². The molecule has 2 atom stereocenters. The number of β-amino-alcohol motifs (C(OH)–C–C–N with tert-alkyl or cyclic N) is 1. The second kappa shape index (κ2) is 5.99. The largest absolute Gasteiger partial charge is 0.390 e. The van der Waals surface area contributed by atoms with E-state index in [1.807, 2.05) is 15.9 Å². The molecule has 0 aliphatic carbocycles. The second-order valence-electron chi connectivity index (χ2n) is 5.84. The SMILES string of the molecule is NC1CCN(c2ncccc2C(=O)N2CCCC2)CC1O. The van der Waals surface area contributed by atoms with Crippen molar-refractivity contribution in [2.24, 2.45) is 5.73 Å². The zero-order chi connectivity index (χ0) is 14.8. The normalized spacial score (nSPS) is 26.2. The molecular formula is C15H22N4O2. The lowest BCUT2D eigenvalue weighted by Gasteiger charge is -2.35. The number of hydrogen-bond acceptors (Lipinski definition) is 5. The summed E-state index contributed by atoms with van der Waals surface area (Å²) in [5, 5.41) is 9.96. The molecule has 3 rings (SSSR count). The predicted octanol–water partition coefficient (Wildman–Crippen LogP) is 0.216.